The third-order valence-corrected chi connectivity index (χ3v) is 1.53. The Morgan fingerprint density at radius 3 is 2.83 bits per heavy atom. The molecule has 0 aliphatic rings. The summed E-state index contributed by atoms with van der Waals surface area (Å²) < 4.78 is 0. The third kappa shape index (κ3) is 2.01. The maximum atomic E-state index is 9.89. The molecular weight excluding hydrogens is 176 g/mol. The zero-order chi connectivity index (χ0) is 8.97. The fourth-order valence-electron chi connectivity index (χ4n) is 0.713. The van der Waals surface area contributed by atoms with E-state index in [9.17, 15) is 4.79 Å². The van der Waals surface area contributed by atoms with E-state index < -0.39 is 0 Å². The third-order valence-electron chi connectivity index (χ3n) is 1.22. The van der Waals surface area contributed by atoms with Gasteiger partial charge in [0.2, 0.25) is 0 Å². The van der Waals surface area contributed by atoms with Crippen LogP contribution >= 0.6 is 11.6 Å². The van der Waals surface area contributed by atoms with Crippen LogP contribution in [0, 0.1) is 11.8 Å². The average Bonchev–Trinajstić information content (AvgIpc) is 2.03. The van der Waals surface area contributed by atoms with Gasteiger partial charge in [-0.15, -0.1) is 0 Å². The molecule has 0 aliphatic heterocycles. The van der Waals surface area contributed by atoms with E-state index in [1.54, 1.807) is 6.07 Å². The van der Waals surface area contributed by atoms with Crippen molar-refractivity contribution in [2.24, 2.45) is 0 Å². The fourth-order valence-corrected chi connectivity index (χ4v) is 0.935. The van der Waals surface area contributed by atoms with Gasteiger partial charge in [-0.3, -0.25) is 4.79 Å². The first-order chi connectivity index (χ1) is 5.74. The molecule has 1 aromatic carbocycles. The number of rotatable bonds is 0. The molecule has 0 amide bonds. The summed E-state index contributed by atoms with van der Waals surface area (Å²) in [5.74, 6) is 4.84. The SMILES string of the molecule is O=CC#Cc1ccc(O)cc1Cl. The summed E-state index contributed by atoms with van der Waals surface area (Å²) in [5, 5.41) is 9.30. The molecule has 0 atom stereocenters. The van der Waals surface area contributed by atoms with Gasteiger partial charge < -0.3 is 5.11 Å². The number of halogens is 1. The Hall–Kier alpha value is -1.46. The first-order valence-corrected chi connectivity index (χ1v) is 3.55. The van der Waals surface area contributed by atoms with Gasteiger partial charge in [0.15, 0.2) is 6.29 Å². The van der Waals surface area contributed by atoms with E-state index >= 15 is 0 Å². The molecule has 0 saturated heterocycles. The molecule has 0 heterocycles. The molecule has 1 N–H and O–H groups in total. The lowest BCUT2D eigenvalue weighted by atomic mass is 10.2. The van der Waals surface area contributed by atoms with Gasteiger partial charge in [-0.05, 0) is 24.1 Å². The predicted octanol–water partition coefficient (Wildman–Crippen LogP) is 1.60. The van der Waals surface area contributed by atoms with Gasteiger partial charge in [0.25, 0.3) is 0 Å². The molecule has 1 aromatic rings. The topological polar surface area (TPSA) is 37.3 Å². The van der Waals surface area contributed by atoms with Crippen molar-refractivity contribution in [3.05, 3.63) is 28.8 Å². The first-order valence-electron chi connectivity index (χ1n) is 3.18. The Kier molecular flexibility index (Phi) is 2.73. The Balaban J connectivity index is 3.09. The van der Waals surface area contributed by atoms with Crippen LogP contribution in [0.4, 0.5) is 0 Å². The standard InChI is InChI=1S/C9H5ClO2/c10-9-6-8(12)4-3-7(9)2-1-5-11/h3-6,12H. The number of aldehydes is 1. The molecule has 2 nitrogen and oxygen atoms in total. The van der Waals surface area contributed by atoms with E-state index in [0.717, 1.165) is 0 Å². The van der Waals surface area contributed by atoms with E-state index in [2.05, 4.69) is 11.8 Å². The Morgan fingerprint density at radius 2 is 2.25 bits per heavy atom. The number of phenols is 1. The highest BCUT2D eigenvalue weighted by Gasteiger charge is 1.96. The van der Waals surface area contributed by atoms with Crippen molar-refractivity contribution in [1.29, 1.82) is 0 Å². The van der Waals surface area contributed by atoms with Gasteiger partial charge in [-0.25, -0.2) is 0 Å². The molecule has 12 heavy (non-hydrogen) atoms. The first kappa shape index (κ1) is 8.63. The fraction of sp³-hybridized carbons (Fsp3) is 0. The highest BCUT2D eigenvalue weighted by Crippen LogP contribution is 2.20. The lowest BCUT2D eigenvalue weighted by molar-refractivity contribution is -0.103. The maximum absolute atomic E-state index is 9.89. The summed E-state index contributed by atoms with van der Waals surface area (Å²) in [6.07, 6.45) is 0.489. The van der Waals surface area contributed by atoms with Crippen molar-refractivity contribution in [2.75, 3.05) is 0 Å². The summed E-state index contributed by atoms with van der Waals surface area (Å²) in [5.41, 5.74) is 0.529. The molecule has 0 saturated carbocycles. The summed E-state index contributed by atoms with van der Waals surface area (Å²) in [6, 6.07) is 4.38. The van der Waals surface area contributed by atoms with Gasteiger partial charge in [0.05, 0.1) is 5.02 Å². The van der Waals surface area contributed by atoms with Crippen LogP contribution in [0.2, 0.25) is 5.02 Å². The largest absolute Gasteiger partial charge is 0.508 e. The predicted molar refractivity (Wildman–Crippen MR) is 46.1 cm³/mol. The van der Waals surface area contributed by atoms with Crippen LogP contribution in [0.15, 0.2) is 18.2 Å². The molecule has 0 aromatic heterocycles. The Morgan fingerprint density at radius 1 is 1.50 bits per heavy atom. The second-order valence-electron chi connectivity index (χ2n) is 2.05. The number of carbonyl (C=O) groups excluding carboxylic acids is 1. The lowest BCUT2D eigenvalue weighted by Crippen LogP contribution is -1.76. The molecule has 0 radical (unpaired) electrons. The summed E-state index contributed by atoms with van der Waals surface area (Å²) >= 11 is 5.69. The summed E-state index contributed by atoms with van der Waals surface area (Å²) in [4.78, 5) is 9.89. The van der Waals surface area contributed by atoms with Crippen molar-refractivity contribution in [3.8, 4) is 17.6 Å². The molecule has 0 spiro atoms. The molecule has 0 unspecified atom stereocenters. The number of phenolic OH excluding ortho intramolecular Hbond substituents is 1. The zero-order valence-corrected chi connectivity index (χ0v) is 6.80. The molecule has 0 aliphatic carbocycles. The molecule has 60 valence electrons. The molecule has 3 heteroatoms. The highest BCUT2D eigenvalue weighted by molar-refractivity contribution is 6.31. The van der Waals surface area contributed by atoms with Gasteiger partial charge in [0.1, 0.15) is 5.75 Å². The molecule has 0 fully saturated rings. The second-order valence-corrected chi connectivity index (χ2v) is 2.46. The monoisotopic (exact) mass is 180 g/mol. The van der Waals surface area contributed by atoms with Gasteiger partial charge in [-0.1, -0.05) is 17.5 Å². The minimum atomic E-state index is 0.0802. The number of benzene rings is 1. The van der Waals surface area contributed by atoms with Crippen molar-refractivity contribution < 1.29 is 9.90 Å². The molecule has 1 rings (SSSR count). The van der Waals surface area contributed by atoms with Crippen LogP contribution in [0.25, 0.3) is 0 Å². The van der Waals surface area contributed by atoms with E-state index in [1.807, 2.05) is 0 Å². The minimum Gasteiger partial charge on any atom is -0.508 e. The lowest BCUT2D eigenvalue weighted by Gasteiger charge is -1.95. The normalized spacial score (nSPS) is 8.42. The second kappa shape index (κ2) is 3.80. The quantitative estimate of drug-likeness (QED) is 0.486. The maximum Gasteiger partial charge on any atom is 0.193 e. The summed E-state index contributed by atoms with van der Waals surface area (Å²) in [6.45, 7) is 0. The minimum absolute atomic E-state index is 0.0802. The van der Waals surface area contributed by atoms with Gasteiger partial charge >= 0.3 is 0 Å². The van der Waals surface area contributed by atoms with Crippen LogP contribution in [0.3, 0.4) is 0 Å². The molecular formula is C9H5ClO2. The van der Waals surface area contributed by atoms with E-state index in [0.29, 0.717) is 16.9 Å². The van der Waals surface area contributed by atoms with Crippen molar-refractivity contribution in [1.82, 2.24) is 0 Å². The molecule has 0 bridgehead atoms. The number of hydrogen-bond acceptors (Lipinski definition) is 2. The smallest absolute Gasteiger partial charge is 0.193 e. The van der Waals surface area contributed by atoms with E-state index in [1.165, 1.54) is 12.1 Å². The number of hydrogen-bond donors (Lipinski definition) is 1. The Bertz CT molecular complexity index is 361. The Labute approximate surface area is 74.8 Å². The van der Waals surface area contributed by atoms with E-state index in [4.69, 9.17) is 16.7 Å². The number of carbonyl (C=O) groups is 1. The van der Waals surface area contributed by atoms with E-state index in [-0.39, 0.29) is 5.75 Å². The average molecular weight is 181 g/mol. The van der Waals surface area contributed by atoms with Crippen LogP contribution < -0.4 is 0 Å². The summed E-state index contributed by atoms with van der Waals surface area (Å²) in [7, 11) is 0. The van der Waals surface area contributed by atoms with Crippen LogP contribution in [-0.2, 0) is 4.79 Å². The van der Waals surface area contributed by atoms with Gasteiger partial charge in [0, 0.05) is 5.56 Å². The van der Waals surface area contributed by atoms with Gasteiger partial charge in [-0.2, -0.15) is 0 Å². The highest BCUT2D eigenvalue weighted by atomic mass is 35.5. The van der Waals surface area contributed by atoms with Crippen molar-refractivity contribution in [2.45, 2.75) is 0 Å². The van der Waals surface area contributed by atoms with Crippen LogP contribution in [-0.4, -0.2) is 11.4 Å². The van der Waals surface area contributed by atoms with Crippen molar-refractivity contribution in [3.63, 3.8) is 0 Å². The van der Waals surface area contributed by atoms with Crippen LogP contribution in [0.5, 0.6) is 5.75 Å². The number of aromatic hydroxyl groups is 1. The van der Waals surface area contributed by atoms with Crippen molar-refractivity contribution >= 4 is 17.9 Å². The zero-order valence-electron chi connectivity index (χ0n) is 6.04. The van der Waals surface area contributed by atoms with Crippen LogP contribution in [0.1, 0.15) is 5.56 Å².